The van der Waals surface area contributed by atoms with Crippen molar-refractivity contribution in [2.24, 2.45) is 5.16 Å². The topological polar surface area (TPSA) is 108 Å². The zero-order chi connectivity index (χ0) is 19.7. The van der Waals surface area contributed by atoms with Crippen LogP contribution in [0, 0.1) is 0 Å². The summed E-state index contributed by atoms with van der Waals surface area (Å²) >= 11 is 0. The molecule has 7 nitrogen and oxygen atoms in total. The van der Waals surface area contributed by atoms with Gasteiger partial charge in [-0.2, -0.15) is 0 Å². The Morgan fingerprint density at radius 3 is 2.33 bits per heavy atom. The smallest absolute Gasteiger partial charge is 0.240 e. The Morgan fingerprint density at radius 1 is 1.07 bits per heavy atom. The molecular formula is C19H23N3O4S. The third-order valence-corrected chi connectivity index (χ3v) is 5.44. The highest BCUT2D eigenvalue weighted by molar-refractivity contribution is 7.89. The molecule has 0 aliphatic rings. The number of benzene rings is 2. The average molecular weight is 389 g/mol. The van der Waals surface area contributed by atoms with Gasteiger partial charge < -0.3 is 10.5 Å². The summed E-state index contributed by atoms with van der Waals surface area (Å²) in [7, 11) is -2.13. The van der Waals surface area contributed by atoms with Gasteiger partial charge in [0.2, 0.25) is 15.9 Å². The van der Waals surface area contributed by atoms with Crippen molar-refractivity contribution >= 4 is 21.6 Å². The summed E-state index contributed by atoms with van der Waals surface area (Å²) in [5.74, 6) is -0.151. The molecule has 2 rings (SSSR count). The second-order valence-corrected chi connectivity index (χ2v) is 7.78. The number of carbonyl (C=O) groups excluding carboxylic acids is 1. The van der Waals surface area contributed by atoms with E-state index in [1.54, 1.807) is 12.1 Å². The summed E-state index contributed by atoms with van der Waals surface area (Å²) in [6.45, 7) is 0.455. The quantitative estimate of drug-likeness (QED) is 0.263. The molecule has 1 amide bonds. The summed E-state index contributed by atoms with van der Waals surface area (Å²) < 4.78 is 25.6. The van der Waals surface area contributed by atoms with Gasteiger partial charge in [-0.15, -0.1) is 0 Å². The van der Waals surface area contributed by atoms with Crippen molar-refractivity contribution in [2.75, 3.05) is 13.6 Å². The first kappa shape index (κ1) is 20.6. The average Bonchev–Trinajstić information content (AvgIpc) is 2.69. The molecule has 0 atom stereocenters. The number of hydrogen-bond acceptors (Lipinski definition) is 5. The lowest BCUT2D eigenvalue weighted by molar-refractivity contribution is -0.120. The molecule has 2 aromatic carbocycles. The van der Waals surface area contributed by atoms with E-state index in [-0.39, 0.29) is 17.2 Å². The predicted octanol–water partition coefficient (Wildman–Crippen LogP) is 1.91. The fourth-order valence-corrected chi connectivity index (χ4v) is 3.25. The monoisotopic (exact) mass is 389 g/mol. The number of oxime groups is 1. The Balaban J connectivity index is 1.78. The Labute approximate surface area is 159 Å². The van der Waals surface area contributed by atoms with Crippen molar-refractivity contribution in [3.05, 3.63) is 65.7 Å². The molecule has 0 saturated carbocycles. The van der Waals surface area contributed by atoms with Crippen LogP contribution in [0.2, 0.25) is 0 Å². The number of carbonyl (C=O) groups is 1. The number of nitrogens with one attached hydrogen (secondary N) is 2. The first-order valence-corrected chi connectivity index (χ1v) is 10.00. The highest BCUT2D eigenvalue weighted by Gasteiger charge is 2.11. The molecule has 2 aromatic rings. The third kappa shape index (κ3) is 6.19. The lowest BCUT2D eigenvalue weighted by Gasteiger charge is -2.08. The standard InChI is InChI=1S/C19H23N3O4S/c1-20-27(25,26)17-11-9-15(10-12-17)14-19(23)21-13-5-8-18(22-24)16-6-3-2-4-7-16/h2-4,6-7,9-12,20,24H,5,8,13-14H2,1H3,(H,21,23)/b22-18-. The number of sulfonamides is 1. The van der Waals surface area contributed by atoms with Crippen LogP contribution in [0.5, 0.6) is 0 Å². The first-order chi connectivity index (χ1) is 13.0. The lowest BCUT2D eigenvalue weighted by Crippen LogP contribution is -2.26. The van der Waals surface area contributed by atoms with Crippen molar-refractivity contribution in [3.63, 3.8) is 0 Å². The Morgan fingerprint density at radius 2 is 1.74 bits per heavy atom. The lowest BCUT2D eigenvalue weighted by atomic mass is 10.1. The number of rotatable bonds is 9. The fraction of sp³-hybridized carbons (Fsp3) is 0.263. The molecule has 0 spiro atoms. The maximum absolute atomic E-state index is 12.0. The van der Waals surface area contributed by atoms with Gasteiger partial charge >= 0.3 is 0 Å². The summed E-state index contributed by atoms with van der Waals surface area (Å²) in [6, 6.07) is 15.5. The predicted molar refractivity (Wildman–Crippen MR) is 103 cm³/mol. The molecule has 3 N–H and O–H groups in total. The highest BCUT2D eigenvalue weighted by atomic mass is 32.2. The minimum absolute atomic E-state index is 0.151. The van der Waals surface area contributed by atoms with Crippen molar-refractivity contribution in [1.82, 2.24) is 10.0 Å². The van der Waals surface area contributed by atoms with Crippen molar-refractivity contribution in [2.45, 2.75) is 24.2 Å². The fourth-order valence-electron chi connectivity index (χ4n) is 2.52. The Kier molecular flexibility index (Phi) is 7.51. The summed E-state index contributed by atoms with van der Waals surface area (Å²) in [6.07, 6.45) is 1.34. The van der Waals surface area contributed by atoms with Gasteiger partial charge in [-0.1, -0.05) is 47.6 Å². The molecule has 0 radical (unpaired) electrons. The van der Waals surface area contributed by atoms with Crippen molar-refractivity contribution in [1.29, 1.82) is 0 Å². The van der Waals surface area contributed by atoms with E-state index in [2.05, 4.69) is 15.2 Å². The maximum Gasteiger partial charge on any atom is 0.240 e. The van der Waals surface area contributed by atoms with Crippen molar-refractivity contribution in [3.8, 4) is 0 Å². The minimum Gasteiger partial charge on any atom is -0.411 e. The van der Waals surface area contributed by atoms with E-state index in [1.165, 1.54) is 19.2 Å². The summed E-state index contributed by atoms with van der Waals surface area (Å²) in [5.41, 5.74) is 2.15. The van der Waals surface area contributed by atoms with E-state index in [1.807, 2.05) is 30.3 Å². The van der Waals surface area contributed by atoms with Crippen LogP contribution >= 0.6 is 0 Å². The van der Waals surface area contributed by atoms with Gasteiger partial charge in [0.15, 0.2) is 0 Å². The van der Waals surface area contributed by atoms with Gasteiger partial charge in [-0.05, 0) is 43.1 Å². The molecule has 0 aliphatic carbocycles. The minimum atomic E-state index is -3.48. The van der Waals surface area contributed by atoms with Crippen molar-refractivity contribution < 1.29 is 18.4 Å². The van der Waals surface area contributed by atoms with Gasteiger partial charge in [-0.3, -0.25) is 4.79 Å². The molecule has 0 saturated heterocycles. The van der Waals surface area contributed by atoms with Crippen LogP contribution in [0.15, 0.2) is 64.6 Å². The second-order valence-electron chi connectivity index (χ2n) is 5.89. The molecule has 27 heavy (non-hydrogen) atoms. The molecule has 8 heteroatoms. The molecular weight excluding hydrogens is 366 g/mol. The number of amides is 1. The SMILES string of the molecule is CNS(=O)(=O)c1ccc(CC(=O)NCCC/C(=N/O)c2ccccc2)cc1. The molecule has 0 bridgehead atoms. The van der Waals surface area contributed by atoms with E-state index in [4.69, 9.17) is 5.21 Å². The van der Waals surface area contributed by atoms with Crippen LogP contribution in [-0.4, -0.2) is 38.8 Å². The number of hydrogen-bond donors (Lipinski definition) is 3. The van der Waals surface area contributed by atoms with E-state index in [9.17, 15) is 13.2 Å². The van der Waals surface area contributed by atoms with Crippen LogP contribution in [0.4, 0.5) is 0 Å². The Hall–Kier alpha value is -2.71. The van der Waals surface area contributed by atoms with Gasteiger partial charge in [0.1, 0.15) is 0 Å². The summed E-state index contributed by atoms with van der Waals surface area (Å²) in [5, 5.41) is 15.3. The van der Waals surface area contributed by atoms with E-state index < -0.39 is 10.0 Å². The summed E-state index contributed by atoms with van der Waals surface area (Å²) in [4.78, 5) is 12.2. The van der Waals surface area contributed by atoms with Crippen LogP contribution in [0.1, 0.15) is 24.0 Å². The molecule has 0 heterocycles. The van der Waals surface area contributed by atoms with E-state index in [0.717, 1.165) is 11.1 Å². The van der Waals surface area contributed by atoms with E-state index in [0.29, 0.717) is 25.1 Å². The zero-order valence-electron chi connectivity index (χ0n) is 15.1. The highest BCUT2D eigenvalue weighted by Crippen LogP contribution is 2.11. The van der Waals surface area contributed by atoms with Crippen LogP contribution in [0.3, 0.4) is 0 Å². The van der Waals surface area contributed by atoms with Crippen LogP contribution in [-0.2, 0) is 21.2 Å². The number of nitrogens with zero attached hydrogens (tertiary/aromatic N) is 1. The molecule has 0 aromatic heterocycles. The van der Waals surface area contributed by atoms with E-state index >= 15 is 0 Å². The first-order valence-electron chi connectivity index (χ1n) is 8.52. The molecule has 0 unspecified atom stereocenters. The van der Waals surface area contributed by atoms with Gasteiger partial charge in [-0.25, -0.2) is 13.1 Å². The van der Waals surface area contributed by atoms with Gasteiger partial charge in [0.05, 0.1) is 17.0 Å². The van der Waals surface area contributed by atoms with Gasteiger partial charge in [0, 0.05) is 6.54 Å². The third-order valence-electron chi connectivity index (χ3n) is 4.01. The zero-order valence-corrected chi connectivity index (χ0v) is 15.9. The normalized spacial score (nSPS) is 12.0. The molecule has 0 fully saturated rings. The molecule has 144 valence electrons. The Bertz CT molecular complexity index is 879. The molecule has 0 aliphatic heterocycles. The largest absolute Gasteiger partial charge is 0.411 e. The van der Waals surface area contributed by atoms with Crippen LogP contribution in [0.25, 0.3) is 0 Å². The maximum atomic E-state index is 12.0. The second kappa shape index (κ2) is 9.84. The van der Waals surface area contributed by atoms with Crippen LogP contribution < -0.4 is 10.0 Å². The van der Waals surface area contributed by atoms with Gasteiger partial charge in [0.25, 0.3) is 0 Å².